The molecule has 0 atom stereocenters. The molecular weight excluding hydrogens is 344 g/mol. The number of carbonyl (C=O) groups excluding carboxylic acids is 1. The third-order valence-electron chi connectivity index (χ3n) is 4.52. The van der Waals surface area contributed by atoms with Gasteiger partial charge < -0.3 is 5.32 Å². The van der Waals surface area contributed by atoms with Gasteiger partial charge >= 0.3 is 0 Å². The second kappa shape index (κ2) is 9.08. The number of nitrogens with one attached hydrogen (secondary N) is 1. The molecule has 0 amide bonds. The summed E-state index contributed by atoms with van der Waals surface area (Å²) in [7, 11) is 1.81. The van der Waals surface area contributed by atoms with Crippen LogP contribution in [0.1, 0.15) is 27.0 Å². The van der Waals surface area contributed by atoms with E-state index in [-0.39, 0.29) is 0 Å². The molecule has 0 aliphatic carbocycles. The molecule has 0 unspecified atom stereocenters. The lowest BCUT2D eigenvalue weighted by atomic mass is 10.0. The Kier molecular flexibility index (Phi) is 6.83. The topological polar surface area (TPSA) is 29.1 Å². The van der Waals surface area contributed by atoms with Crippen molar-refractivity contribution < 1.29 is 13.6 Å². The zero-order chi connectivity index (χ0) is 20.0. The summed E-state index contributed by atoms with van der Waals surface area (Å²) in [5, 5.41) is 3.04. The lowest BCUT2D eigenvalue weighted by molar-refractivity contribution is 0.112. The highest BCUT2D eigenvalue weighted by Gasteiger charge is 2.07. The third kappa shape index (κ3) is 5.00. The van der Waals surface area contributed by atoms with Crippen LogP contribution < -0.4 is 5.32 Å². The number of rotatable bonds is 3. The molecule has 0 bridgehead atoms. The predicted molar refractivity (Wildman–Crippen MR) is 107 cm³/mol. The fourth-order valence-electron chi connectivity index (χ4n) is 2.68. The lowest BCUT2D eigenvalue weighted by Gasteiger charge is -2.09. The number of halogens is 2. The Balaban J connectivity index is 0.000000223. The van der Waals surface area contributed by atoms with Crippen LogP contribution in [-0.2, 0) is 0 Å². The highest BCUT2D eigenvalue weighted by Crippen LogP contribution is 2.27. The maximum atomic E-state index is 13.6. The van der Waals surface area contributed by atoms with Gasteiger partial charge in [0.1, 0.15) is 17.9 Å². The van der Waals surface area contributed by atoms with Crippen LogP contribution in [0.4, 0.5) is 14.5 Å². The molecule has 0 spiro atoms. The van der Waals surface area contributed by atoms with Crippen molar-refractivity contribution in [2.75, 3.05) is 12.4 Å². The highest BCUT2D eigenvalue weighted by atomic mass is 19.1. The maximum absolute atomic E-state index is 13.6. The van der Waals surface area contributed by atoms with Crippen molar-refractivity contribution in [1.82, 2.24) is 0 Å². The van der Waals surface area contributed by atoms with Gasteiger partial charge in [0.2, 0.25) is 0 Å². The Morgan fingerprint density at radius 3 is 2.22 bits per heavy atom. The molecule has 0 saturated carbocycles. The number of anilines is 1. The Morgan fingerprint density at radius 2 is 1.63 bits per heavy atom. The molecule has 0 heterocycles. The molecule has 27 heavy (non-hydrogen) atoms. The van der Waals surface area contributed by atoms with Crippen molar-refractivity contribution in [2.24, 2.45) is 0 Å². The molecule has 0 saturated heterocycles. The zero-order valence-corrected chi connectivity index (χ0v) is 15.9. The molecule has 3 aromatic carbocycles. The van der Waals surface area contributed by atoms with Crippen LogP contribution in [0.25, 0.3) is 11.1 Å². The monoisotopic (exact) mass is 367 g/mol. The summed E-state index contributed by atoms with van der Waals surface area (Å²) in [5.41, 5.74) is 6.20. The predicted octanol–water partition coefficient (Wildman–Crippen LogP) is 6.10. The molecule has 0 fully saturated rings. The van der Waals surface area contributed by atoms with Crippen LogP contribution in [0.3, 0.4) is 0 Å². The lowest BCUT2D eigenvalue weighted by Crippen LogP contribution is -1.93. The van der Waals surface area contributed by atoms with Gasteiger partial charge in [-0.1, -0.05) is 30.3 Å². The normalized spacial score (nSPS) is 10.0. The van der Waals surface area contributed by atoms with Gasteiger partial charge in [0.25, 0.3) is 0 Å². The average molecular weight is 367 g/mol. The standard InChI is InChI=1S/C14H13F2N.C9H10O/c1-9-3-4-10(7-14(9)17-2)12-6-5-11(15)8-13(12)16;1-7-4-3-5-9(6-10)8(7)2/h3-8,17H,1-2H3;3-6H,1-2H3. The molecule has 2 nitrogen and oxygen atoms in total. The molecule has 3 aromatic rings. The van der Waals surface area contributed by atoms with E-state index in [1.54, 1.807) is 0 Å². The first-order valence-corrected chi connectivity index (χ1v) is 8.62. The van der Waals surface area contributed by atoms with Gasteiger partial charge in [-0.15, -0.1) is 0 Å². The van der Waals surface area contributed by atoms with E-state index in [1.807, 2.05) is 64.2 Å². The highest BCUT2D eigenvalue weighted by molar-refractivity contribution is 5.77. The van der Waals surface area contributed by atoms with E-state index in [0.29, 0.717) is 5.56 Å². The smallest absolute Gasteiger partial charge is 0.150 e. The van der Waals surface area contributed by atoms with E-state index in [4.69, 9.17) is 0 Å². The van der Waals surface area contributed by atoms with E-state index < -0.39 is 11.6 Å². The van der Waals surface area contributed by atoms with Gasteiger partial charge in [-0.3, -0.25) is 4.79 Å². The number of hydrogen-bond donors (Lipinski definition) is 1. The Hall–Kier alpha value is -3.01. The average Bonchev–Trinajstić information content (AvgIpc) is 2.65. The van der Waals surface area contributed by atoms with Crippen molar-refractivity contribution in [3.05, 3.63) is 88.5 Å². The summed E-state index contributed by atoms with van der Waals surface area (Å²) in [6, 6.07) is 14.9. The molecule has 140 valence electrons. The van der Waals surface area contributed by atoms with Crippen molar-refractivity contribution in [1.29, 1.82) is 0 Å². The van der Waals surface area contributed by atoms with Gasteiger partial charge in [-0.25, -0.2) is 8.78 Å². The van der Waals surface area contributed by atoms with E-state index in [2.05, 4.69) is 5.32 Å². The van der Waals surface area contributed by atoms with E-state index in [9.17, 15) is 13.6 Å². The van der Waals surface area contributed by atoms with Crippen LogP contribution in [0.5, 0.6) is 0 Å². The van der Waals surface area contributed by atoms with Gasteiger partial charge in [0.05, 0.1) is 0 Å². The Labute approximate surface area is 158 Å². The SMILES string of the molecule is CNc1cc(-c2ccc(F)cc2F)ccc1C.Cc1cccc(C=O)c1C. The van der Waals surface area contributed by atoms with Crippen LogP contribution >= 0.6 is 0 Å². The number of benzene rings is 3. The second-order valence-corrected chi connectivity index (χ2v) is 6.31. The molecule has 1 N–H and O–H groups in total. The first kappa shape index (κ1) is 20.3. The number of aryl methyl sites for hydroxylation is 2. The summed E-state index contributed by atoms with van der Waals surface area (Å²) in [6.45, 7) is 5.93. The van der Waals surface area contributed by atoms with E-state index >= 15 is 0 Å². The van der Waals surface area contributed by atoms with Gasteiger partial charge in [0.15, 0.2) is 0 Å². The number of hydrogen-bond acceptors (Lipinski definition) is 2. The summed E-state index contributed by atoms with van der Waals surface area (Å²) < 4.78 is 26.4. The minimum atomic E-state index is -0.563. The zero-order valence-electron chi connectivity index (χ0n) is 15.9. The van der Waals surface area contributed by atoms with E-state index in [1.165, 1.54) is 17.7 Å². The van der Waals surface area contributed by atoms with Gasteiger partial charge in [-0.2, -0.15) is 0 Å². The first-order valence-electron chi connectivity index (χ1n) is 8.62. The molecule has 0 radical (unpaired) electrons. The number of carbonyl (C=O) groups is 1. The summed E-state index contributed by atoms with van der Waals surface area (Å²) in [5.74, 6) is -1.11. The maximum Gasteiger partial charge on any atom is 0.150 e. The van der Waals surface area contributed by atoms with Crippen LogP contribution in [0.2, 0.25) is 0 Å². The first-order chi connectivity index (χ1) is 12.9. The van der Waals surface area contributed by atoms with E-state index in [0.717, 1.165) is 40.3 Å². The summed E-state index contributed by atoms with van der Waals surface area (Å²) in [4.78, 5) is 10.4. The summed E-state index contributed by atoms with van der Waals surface area (Å²) in [6.07, 6.45) is 0.891. The molecule has 0 aliphatic heterocycles. The molecule has 4 heteroatoms. The van der Waals surface area contributed by atoms with Crippen molar-refractivity contribution >= 4 is 12.0 Å². The second-order valence-electron chi connectivity index (χ2n) is 6.31. The third-order valence-corrected chi connectivity index (χ3v) is 4.52. The molecule has 0 aromatic heterocycles. The van der Waals surface area contributed by atoms with Crippen LogP contribution in [0, 0.1) is 32.4 Å². The fraction of sp³-hybridized carbons (Fsp3) is 0.174. The number of aldehydes is 1. The molecule has 3 rings (SSSR count). The van der Waals surface area contributed by atoms with Gasteiger partial charge in [0, 0.05) is 29.9 Å². The van der Waals surface area contributed by atoms with Crippen molar-refractivity contribution in [3.8, 4) is 11.1 Å². The summed E-state index contributed by atoms with van der Waals surface area (Å²) >= 11 is 0. The molecule has 0 aliphatic rings. The fourth-order valence-corrected chi connectivity index (χ4v) is 2.68. The van der Waals surface area contributed by atoms with Gasteiger partial charge in [-0.05, 0) is 61.2 Å². The van der Waals surface area contributed by atoms with Crippen LogP contribution in [-0.4, -0.2) is 13.3 Å². The van der Waals surface area contributed by atoms with Crippen LogP contribution in [0.15, 0.2) is 54.6 Å². The minimum absolute atomic E-state index is 0.405. The quantitative estimate of drug-likeness (QED) is 0.567. The molecular formula is C23H23F2NO. The van der Waals surface area contributed by atoms with Crippen molar-refractivity contribution in [3.63, 3.8) is 0 Å². The Bertz CT molecular complexity index is 951. The largest absolute Gasteiger partial charge is 0.388 e. The van der Waals surface area contributed by atoms with Crippen molar-refractivity contribution in [2.45, 2.75) is 20.8 Å². The minimum Gasteiger partial charge on any atom is -0.388 e. The Morgan fingerprint density at radius 1 is 0.889 bits per heavy atom.